The number of hydrogen-bond acceptors (Lipinski definition) is 10. The highest BCUT2D eigenvalue weighted by molar-refractivity contribution is 7.23. The van der Waals surface area contributed by atoms with E-state index < -0.39 is 0 Å². The normalized spacial score (nSPS) is 19.9. The highest BCUT2D eigenvalue weighted by Crippen LogP contribution is 2.51. The fourth-order valence-electron chi connectivity index (χ4n) is 8.59. The van der Waals surface area contributed by atoms with Crippen molar-refractivity contribution in [3.05, 3.63) is 99.0 Å². The molecule has 0 radical (unpaired) electrons. The van der Waals surface area contributed by atoms with Gasteiger partial charge in [-0.15, -0.1) is 21.5 Å². The number of pyridine rings is 2. The highest BCUT2D eigenvalue weighted by atomic mass is 35.5. The molecule has 1 saturated heterocycles. The van der Waals surface area contributed by atoms with E-state index >= 15 is 0 Å². The number of aromatic nitrogens is 4. The first-order valence-electron chi connectivity index (χ1n) is 17.5. The molecule has 7 heterocycles. The molecule has 1 N–H and O–H groups in total. The van der Waals surface area contributed by atoms with Gasteiger partial charge in [0, 0.05) is 58.6 Å². The first-order chi connectivity index (χ1) is 25.4. The molecule has 4 aliphatic rings. The van der Waals surface area contributed by atoms with Crippen LogP contribution in [0.4, 0.5) is 10.2 Å². The third kappa shape index (κ3) is 4.83. The second-order valence-electron chi connectivity index (χ2n) is 13.8. The minimum absolute atomic E-state index is 0.00835. The van der Waals surface area contributed by atoms with Gasteiger partial charge in [0.1, 0.15) is 11.6 Å². The number of benzene rings is 2. The van der Waals surface area contributed by atoms with Crippen molar-refractivity contribution >= 4 is 44.7 Å². The van der Waals surface area contributed by atoms with Crippen molar-refractivity contribution in [3.63, 3.8) is 0 Å². The number of aryl methyl sites for hydroxylation is 1. The van der Waals surface area contributed by atoms with Crippen LogP contribution in [0.25, 0.3) is 32.0 Å². The molecule has 0 spiro atoms. The number of methoxy groups -OCH3 is 1. The van der Waals surface area contributed by atoms with Crippen molar-refractivity contribution in [2.75, 3.05) is 25.6 Å². The summed E-state index contributed by atoms with van der Waals surface area (Å²) in [7, 11) is 1.51. The van der Waals surface area contributed by atoms with E-state index in [0.29, 0.717) is 59.7 Å². The minimum Gasteiger partial charge on any atom is -0.493 e. The smallest absolute Gasteiger partial charge is 0.257 e. The van der Waals surface area contributed by atoms with Crippen molar-refractivity contribution in [1.29, 1.82) is 0 Å². The lowest BCUT2D eigenvalue weighted by atomic mass is 9.89. The third-order valence-corrected chi connectivity index (χ3v) is 12.3. The Hall–Kier alpha value is -5.07. The van der Waals surface area contributed by atoms with Gasteiger partial charge in [-0.05, 0) is 67.0 Å². The molecule has 3 atom stereocenters. The van der Waals surface area contributed by atoms with Crippen LogP contribution in [0.1, 0.15) is 81.6 Å². The Labute approximate surface area is 307 Å². The molecule has 1 fully saturated rings. The molecule has 10 rings (SSSR count). The summed E-state index contributed by atoms with van der Waals surface area (Å²) in [6.07, 6.45) is 5.60. The first-order valence-corrected chi connectivity index (χ1v) is 18.7. The molecule has 0 unspecified atom stereocenters. The van der Waals surface area contributed by atoms with Crippen LogP contribution in [-0.2, 0) is 12.8 Å². The number of ether oxygens (including phenoxy) is 2. The zero-order chi connectivity index (χ0) is 35.2. The number of rotatable bonds is 7. The van der Waals surface area contributed by atoms with E-state index in [0.717, 1.165) is 79.4 Å². The zero-order valence-corrected chi connectivity index (χ0v) is 29.9. The monoisotopic (exact) mass is 734 g/mol. The Morgan fingerprint density at radius 1 is 1.10 bits per heavy atom. The fourth-order valence-corrected chi connectivity index (χ4v) is 9.92. The Kier molecular flexibility index (Phi) is 7.30. The molecule has 3 aliphatic heterocycles. The molecular formula is C39H32ClFN6O4S. The van der Waals surface area contributed by atoms with Crippen LogP contribution in [0.5, 0.6) is 11.5 Å². The maximum atomic E-state index is 14.5. The van der Waals surface area contributed by atoms with E-state index in [2.05, 4.69) is 21.6 Å². The lowest BCUT2D eigenvalue weighted by Crippen LogP contribution is -2.22. The Bertz CT molecular complexity index is 2470. The standard InChI is InChI=1S/C39H32ClFN6O4S/c1-18-45-46-38(51-18)31-27(14-20-17-50-29-16-21(40)5-6-22(20)29)43-34-28-4-3-13-47(28)39(48)33(34)32(31)30-15-19-11-12-42-37(36(19)52-30)44-26-10-8-24-23(26)7-9-25(41)35(24)49-2/h5-7,9,11-12,15-16,20,26,28H,3-4,8,10,13-14,17H2,1-2H3,(H,42,44)/t20-,26-,28-/m1/s1. The van der Waals surface area contributed by atoms with Crippen LogP contribution < -0.4 is 14.8 Å². The molecule has 6 aromatic rings. The van der Waals surface area contributed by atoms with Gasteiger partial charge in [-0.3, -0.25) is 9.78 Å². The number of anilines is 1. The molecule has 262 valence electrons. The van der Waals surface area contributed by atoms with Crippen LogP contribution in [0.2, 0.25) is 5.02 Å². The van der Waals surface area contributed by atoms with Gasteiger partial charge in [0.2, 0.25) is 11.8 Å². The van der Waals surface area contributed by atoms with Gasteiger partial charge in [-0.1, -0.05) is 23.7 Å². The molecule has 1 amide bonds. The van der Waals surface area contributed by atoms with Gasteiger partial charge in [-0.25, -0.2) is 9.37 Å². The van der Waals surface area contributed by atoms with Crippen LogP contribution in [0.3, 0.4) is 0 Å². The average Bonchev–Trinajstić information content (AvgIpc) is 3.99. The molecule has 13 heteroatoms. The van der Waals surface area contributed by atoms with E-state index in [1.807, 2.05) is 35.2 Å². The molecule has 1 aliphatic carbocycles. The maximum absolute atomic E-state index is 14.5. The Morgan fingerprint density at radius 2 is 1.98 bits per heavy atom. The summed E-state index contributed by atoms with van der Waals surface area (Å²) in [5.74, 6) is 2.18. The zero-order valence-electron chi connectivity index (χ0n) is 28.3. The van der Waals surface area contributed by atoms with E-state index in [-0.39, 0.29) is 29.7 Å². The number of fused-ring (bicyclic) bond motifs is 6. The third-order valence-electron chi connectivity index (χ3n) is 10.9. The molecule has 0 bridgehead atoms. The van der Waals surface area contributed by atoms with E-state index in [1.54, 1.807) is 24.5 Å². The molecule has 2 aromatic carbocycles. The summed E-state index contributed by atoms with van der Waals surface area (Å²) in [5, 5.41) is 14.0. The van der Waals surface area contributed by atoms with E-state index in [9.17, 15) is 9.18 Å². The van der Waals surface area contributed by atoms with Crippen LogP contribution in [0.15, 0.2) is 53.1 Å². The van der Waals surface area contributed by atoms with Crippen molar-refractivity contribution in [3.8, 4) is 33.4 Å². The quantitative estimate of drug-likeness (QED) is 0.172. The fraction of sp³-hybridized carbons (Fsp3) is 0.308. The SMILES string of the molecule is COc1c(F)ccc2c1CC[C@H]2Nc1nccc2cc(-c3c4c(nc(C[C@@H]5COc6cc(Cl)ccc65)c3-c3nnc(C)o3)[C@H]3CCCN3C4=O)sc12. The number of carbonyl (C=O) groups is 1. The lowest BCUT2D eigenvalue weighted by molar-refractivity contribution is 0.0776. The van der Waals surface area contributed by atoms with E-state index in [1.165, 1.54) is 13.2 Å². The number of thiophene rings is 1. The van der Waals surface area contributed by atoms with Gasteiger partial charge in [0.25, 0.3) is 5.91 Å². The van der Waals surface area contributed by atoms with Crippen molar-refractivity contribution in [2.24, 2.45) is 0 Å². The predicted molar refractivity (Wildman–Crippen MR) is 195 cm³/mol. The van der Waals surface area contributed by atoms with Crippen molar-refractivity contribution < 1.29 is 23.1 Å². The summed E-state index contributed by atoms with van der Waals surface area (Å²) in [4.78, 5) is 27.3. The number of nitrogens with one attached hydrogen (secondary N) is 1. The van der Waals surface area contributed by atoms with Crippen LogP contribution in [0, 0.1) is 12.7 Å². The topological polar surface area (TPSA) is 116 Å². The predicted octanol–water partition coefficient (Wildman–Crippen LogP) is 8.63. The summed E-state index contributed by atoms with van der Waals surface area (Å²) in [6.45, 7) is 2.93. The van der Waals surface area contributed by atoms with Crippen LogP contribution in [-0.4, -0.2) is 51.2 Å². The average molecular weight is 735 g/mol. The van der Waals surface area contributed by atoms with Gasteiger partial charge >= 0.3 is 0 Å². The second-order valence-corrected chi connectivity index (χ2v) is 15.3. The van der Waals surface area contributed by atoms with Gasteiger partial charge < -0.3 is 24.1 Å². The largest absolute Gasteiger partial charge is 0.493 e. The number of amides is 1. The van der Waals surface area contributed by atoms with Crippen molar-refractivity contribution in [2.45, 2.75) is 57.0 Å². The molecule has 10 nitrogen and oxygen atoms in total. The number of carbonyl (C=O) groups excluding carboxylic acids is 1. The van der Waals surface area contributed by atoms with E-state index in [4.69, 9.17) is 35.5 Å². The Balaban J connectivity index is 1.14. The summed E-state index contributed by atoms with van der Waals surface area (Å²) >= 11 is 7.87. The molecule has 4 aromatic heterocycles. The molecular weight excluding hydrogens is 703 g/mol. The number of nitrogens with zero attached hydrogens (tertiary/aromatic N) is 5. The highest BCUT2D eigenvalue weighted by Gasteiger charge is 2.45. The summed E-state index contributed by atoms with van der Waals surface area (Å²) in [6, 6.07) is 13.0. The minimum atomic E-state index is -0.356. The molecule has 52 heavy (non-hydrogen) atoms. The number of hydrogen-bond donors (Lipinski definition) is 1. The lowest BCUT2D eigenvalue weighted by Gasteiger charge is -2.18. The maximum Gasteiger partial charge on any atom is 0.257 e. The summed E-state index contributed by atoms with van der Waals surface area (Å²) < 4.78 is 33.2. The molecule has 0 saturated carbocycles. The summed E-state index contributed by atoms with van der Waals surface area (Å²) in [5.41, 5.74) is 6.58. The first kappa shape index (κ1) is 31.6. The van der Waals surface area contributed by atoms with Gasteiger partial charge in [0.15, 0.2) is 11.6 Å². The van der Waals surface area contributed by atoms with Crippen molar-refractivity contribution in [1.82, 2.24) is 25.1 Å². The van der Waals surface area contributed by atoms with Gasteiger partial charge in [0.05, 0.1) is 53.0 Å². The Morgan fingerprint density at radius 3 is 2.83 bits per heavy atom. The number of halogens is 2. The van der Waals surface area contributed by atoms with Gasteiger partial charge in [-0.2, -0.15) is 0 Å². The van der Waals surface area contributed by atoms with Crippen LogP contribution >= 0.6 is 22.9 Å². The second kappa shape index (κ2) is 12.0.